The molecule has 2 N–H and O–H groups in total. The molecule has 0 amide bonds. The van der Waals surface area contributed by atoms with Crippen molar-refractivity contribution in [3.63, 3.8) is 0 Å². The zero-order valence-electron chi connectivity index (χ0n) is 10.9. The molecule has 104 valence electrons. The van der Waals surface area contributed by atoms with Gasteiger partial charge in [0.1, 0.15) is 5.75 Å². The number of ether oxygens (including phenoxy) is 2. The molecule has 0 radical (unpaired) electrons. The van der Waals surface area contributed by atoms with Gasteiger partial charge in [0.05, 0.1) is 6.61 Å². The van der Waals surface area contributed by atoms with Crippen LogP contribution in [0, 0.1) is 5.92 Å². The molecule has 0 spiro atoms. The normalized spacial score (nSPS) is 23.2. The molecule has 2 heterocycles. The molecule has 1 fully saturated rings. The molecule has 0 bridgehead atoms. The average molecular weight is 283 g/mol. The summed E-state index contributed by atoms with van der Waals surface area (Å²) >= 11 is 6.17. The van der Waals surface area contributed by atoms with Crippen LogP contribution in [0.3, 0.4) is 0 Å². The highest BCUT2D eigenvalue weighted by molar-refractivity contribution is 6.30. The van der Waals surface area contributed by atoms with Crippen LogP contribution in [0.4, 0.5) is 0 Å². The van der Waals surface area contributed by atoms with Crippen molar-refractivity contribution in [1.29, 1.82) is 0 Å². The highest BCUT2D eigenvalue weighted by atomic mass is 35.5. The number of nitrogens with two attached hydrogens (primary N) is 1. The first-order valence-electron chi connectivity index (χ1n) is 6.70. The molecular weight excluding hydrogens is 264 g/mol. The van der Waals surface area contributed by atoms with Gasteiger partial charge in [0, 0.05) is 29.2 Å². The Morgan fingerprint density at radius 3 is 3.11 bits per heavy atom. The summed E-state index contributed by atoms with van der Waals surface area (Å²) in [6.45, 7) is 4.71. The SMILES string of the molecule is NCC1CCN(Cc2cc(Cl)cc3c2OCOC3)C1. The molecule has 2 aliphatic rings. The Morgan fingerprint density at radius 1 is 1.42 bits per heavy atom. The van der Waals surface area contributed by atoms with Gasteiger partial charge in [-0.1, -0.05) is 11.6 Å². The van der Waals surface area contributed by atoms with E-state index in [0.717, 1.165) is 48.1 Å². The maximum absolute atomic E-state index is 6.17. The van der Waals surface area contributed by atoms with Gasteiger partial charge in [0.15, 0.2) is 6.79 Å². The summed E-state index contributed by atoms with van der Waals surface area (Å²) in [6, 6.07) is 3.92. The van der Waals surface area contributed by atoms with Crippen molar-refractivity contribution >= 4 is 11.6 Å². The Balaban J connectivity index is 1.79. The molecule has 0 aromatic heterocycles. The van der Waals surface area contributed by atoms with Crippen molar-refractivity contribution in [1.82, 2.24) is 4.90 Å². The van der Waals surface area contributed by atoms with Gasteiger partial charge in [0.2, 0.25) is 0 Å². The Kier molecular flexibility index (Phi) is 3.93. The molecule has 3 rings (SSSR count). The van der Waals surface area contributed by atoms with Crippen LogP contribution < -0.4 is 10.5 Å². The third-order valence-electron chi connectivity index (χ3n) is 3.85. The van der Waals surface area contributed by atoms with E-state index in [1.807, 2.05) is 12.1 Å². The van der Waals surface area contributed by atoms with Crippen molar-refractivity contribution in [2.75, 3.05) is 26.4 Å². The monoisotopic (exact) mass is 282 g/mol. The van der Waals surface area contributed by atoms with Crippen molar-refractivity contribution in [2.24, 2.45) is 11.7 Å². The highest BCUT2D eigenvalue weighted by Crippen LogP contribution is 2.33. The average Bonchev–Trinajstić information content (AvgIpc) is 2.86. The van der Waals surface area contributed by atoms with Crippen molar-refractivity contribution in [3.05, 3.63) is 28.3 Å². The molecule has 5 heteroatoms. The zero-order valence-corrected chi connectivity index (χ0v) is 11.7. The number of hydrogen-bond donors (Lipinski definition) is 1. The van der Waals surface area contributed by atoms with Crippen LogP contribution in [0.1, 0.15) is 17.5 Å². The molecule has 1 aromatic carbocycles. The second-order valence-electron chi connectivity index (χ2n) is 5.29. The Bertz CT molecular complexity index is 467. The van der Waals surface area contributed by atoms with E-state index in [4.69, 9.17) is 26.8 Å². The van der Waals surface area contributed by atoms with Gasteiger partial charge < -0.3 is 15.2 Å². The second kappa shape index (κ2) is 5.67. The number of rotatable bonds is 3. The summed E-state index contributed by atoms with van der Waals surface area (Å²) in [6.07, 6.45) is 1.18. The van der Waals surface area contributed by atoms with Gasteiger partial charge in [-0.2, -0.15) is 0 Å². The molecule has 1 aromatic rings. The predicted molar refractivity (Wildman–Crippen MR) is 74.2 cm³/mol. The molecule has 0 saturated carbocycles. The molecule has 1 atom stereocenters. The summed E-state index contributed by atoms with van der Waals surface area (Å²) in [7, 11) is 0. The molecule has 1 saturated heterocycles. The lowest BCUT2D eigenvalue weighted by atomic mass is 10.1. The third-order valence-corrected chi connectivity index (χ3v) is 4.07. The van der Waals surface area contributed by atoms with Crippen molar-refractivity contribution in [2.45, 2.75) is 19.6 Å². The van der Waals surface area contributed by atoms with E-state index >= 15 is 0 Å². The van der Waals surface area contributed by atoms with E-state index < -0.39 is 0 Å². The number of fused-ring (bicyclic) bond motifs is 1. The molecule has 1 unspecified atom stereocenters. The number of halogens is 1. The van der Waals surface area contributed by atoms with E-state index in [1.54, 1.807) is 0 Å². The van der Waals surface area contributed by atoms with Crippen LogP contribution in [0.5, 0.6) is 5.75 Å². The van der Waals surface area contributed by atoms with Crippen LogP contribution in [-0.2, 0) is 17.9 Å². The quantitative estimate of drug-likeness (QED) is 0.921. The lowest BCUT2D eigenvalue weighted by Gasteiger charge is -2.23. The maximum Gasteiger partial charge on any atom is 0.189 e. The largest absolute Gasteiger partial charge is 0.467 e. The van der Waals surface area contributed by atoms with Gasteiger partial charge in [-0.3, -0.25) is 4.90 Å². The van der Waals surface area contributed by atoms with Crippen LogP contribution in [-0.4, -0.2) is 31.3 Å². The predicted octanol–water partition coefficient (Wildman–Crippen LogP) is 1.99. The minimum Gasteiger partial charge on any atom is -0.467 e. The minimum absolute atomic E-state index is 0.326. The van der Waals surface area contributed by atoms with Crippen LogP contribution in [0.2, 0.25) is 5.02 Å². The summed E-state index contributed by atoms with van der Waals surface area (Å²) in [4.78, 5) is 2.42. The van der Waals surface area contributed by atoms with Gasteiger partial charge in [-0.15, -0.1) is 0 Å². The van der Waals surface area contributed by atoms with Gasteiger partial charge >= 0.3 is 0 Å². The van der Waals surface area contributed by atoms with E-state index in [9.17, 15) is 0 Å². The fourth-order valence-electron chi connectivity index (χ4n) is 2.86. The van der Waals surface area contributed by atoms with Crippen LogP contribution in [0.15, 0.2) is 12.1 Å². The summed E-state index contributed by atoms with van der Waals surface area (Å²) in [5, 5.41) is 0.748. The lowest BCUT2D eigenvalue weighted by molar-refractivity contribution is -0.0174. The number of nitrogens with zero attached hydrogens (tertiary/aromatic N) is 1. The van der Waals surface area contributed by atoms with Gasteiger partial charge in [0.25, 0.3) is 0 Å². The van der Waals surface area contributed by atoms with Crippen LogP contribution >= 0.6 is 11.6 Å². The summed E-state index contributed by atoms with van der Waals surface area (Å²) < 4.78 is 10.9. The van der Waals surface area contributed by atoms with E-state index in [-0.39, 0.29) is 0 Å². The summed E-state index contributed by atoms with van der Waals surface area (Å²) in [5.41, 5.74) is 7.94. The Labute approximate surface area is 118 Å². The summed E-state index contributed by atoms with van der Waals surface area (Å²) in [5.74, 6) is 1.58. The Hall–Kier alpha value is -0.810. The zero-order chi connectivity index (χ0) is 13.2. The number of hydrogen-bond acceptors (Lipinski definition) is 4. The first-order valence-corrected chi connectivity index (χ1v) is 7.08. The fraction of sp³-hybridized carbons (Fsp3) is 0.571. The molecule has 0 aliphatic carbocycles. The van der Waals surface area contributed by atoms with E-state index in [2.05, 4.69) is 4.90 Å². The maximum atomic E-state index is 6.17. The molecule has 19 heavy (non-hydrogen) atoms. The topological polar surface area (TPSA) is 47.7 Å². The van der Waals surface area contributed by atoms with E-state index in [0.29, 0.717) is 19.3 Å². The molecule has 4 nitrogen and oxygen atoms in total. The highest BCUT2D eigenvalue weighted by Gasteiger charge is 2.24. The first-order chi connectivity index (χ1) is 9.26. The fourth-order valence-corrected chi connectivity index (χ4v) is 3.13. The van der Waals surface area contributed by atoms with Crippen molar-refractivity contribution < 1.29 is 9.47 Å². The van der Waals surface area contributed by atoms with Gasteiger partial charge in [-0.25, -0.2) is 0 Å². The first kappa shape index (κ1) is 13.2. The lowest BCUT2D eigenvalue weighted by Crippen LogP contribution is -2.24. The van der Waals surface area contributed by atoms with Gasteiger partial charge in [-0.05, 0) is 37.6 Å². The van der Waals surface area contributed by atoms with Crippen LogP contribution in [0.25, 0.3) is 0 Å². The molecular formula is C14H19ClN2O2. The Morgan fingerprint density at radius 2 is 2.32 bits per heavy atom. The number of likely N-dealkylation sites (tertiary alicyclic amines) is 1. The third kappa shape index (κ3) is 2.87. The van der Waals surface area contributed by atoms with E-state index in [1.165, 1.54) is 6.42 Å². The van der Waals surface area contributed by atoms with Crippen molar-refractivity contribution in [3.8, 4) is 5.75 Å². The second-order valence-corrected chi connectivity index (χ2v) is 5.73. The smallest absolute Gasteiger partial charge is 0.189 e. The standard InChI is InChI=1S/C14H19ClN2O2/c15-13-3-11(7-17-2-1-10(5-16)6-17)14-12(4-13)8-18-9-19-14/h3-4,10H,1-2,5-9,16H2. The minimum atomic E-state index is 0.326. The number of benzene rings is 1. The molecule has 2 aliphatic heterocycles.